The van der Waals surface area contributed by atoms with E-state index in [1.165, 1.54) is 4.68 Å². The van der Waals surface area contributed by atoms with E-state index in [1.54, 1.807) is 12.1 Å². The average molecular weight is 365 g/mol. The molecule has 4 rings (SSSR count). The zero-order chi connectivity index (χ0) is 18.8. The van der Waals surface area contributed by atoms with Crippen LogP contribution in [0.15, 0.2) is 47.3 Å². The van der Waals surface area contributed by atoms with Crippen molar-refractivity contribution >= 4 is 16.7 Å². The average Bonchev–Trinajstić information content (AvgIpc) is 2.70. The molecule has 1 amide bonds. The molecule has 27 heavy (non-hydrogen) atoms. The second kappa shape index (κ2) is 7.11. The van der Waals surface area contributed by atoms with Crippen molar-refractivity contribution in [2.24, 2.45) is 0 Å². The van der Waals surface area contributed by atoms with Crippen LogP contribution in [0.2, 0.25) is 0 Å². The lowest BCUT2D eigenvalue weighted by molar-refractivity contribution is -0.122. The highest BCUT2D eigenvalue weighted by atomic mass is 16.6. The van der Waals surface area contributed by atoms with Crippen LogP contribution in [-0.2, 0) is 17.9 Å². The molecule has 2 heterocycles. The summed E-state index contributed by atoms with van der Waals surface area (Å²) in [4.78, 5) is 24.8. The Morgan fingerprint density at radius 3 is 2.67 bits per heavy atom. The van der Waals surface area contributed by atoms with Crippen molar-refractivity contribution < 1.29 is 14.3 Å². The molecule has 7 heteroatoms. The summed E-state index contributed by atoms with van der Waals surface area (Å²) in [5.41, 5.74) is 1.33. The molecule has 138 valence electrons. The summed E-state index contributed by atoms with van der Waals surface area (Å²) in [6, 6.07) is 12.8. The summed E-state index contributed by atoms with van der Waals surface area (Å²) in [7, 11) is 0. The highest BCUT2D eigenvalue weighted by Gasteiger charge is 2.13. The highest BCUT2D eigenvalue weighted by Crippen LogP contribution is 2.30. The molecule has 0 bridgehead atoms. The predicted molar refractivity (Wildman–Crippen MR) is 100 cm³/mol. The van der Waals surface area contributed by atoms with Crippen molar-refractivity contribution in [1.29, 1.82) is 0 Å². The molecule has 0 atom stereocenters. The molecule has 0 spiro atoms. The quantitative estimate of drug-likeness (QED) is 0.762. The van der Waals surface area contributed by atoms with Gasteiger partial charge in [-0.15, -0.1) is 0 Å². The maximum atomic E-state index is 12.5. The van der Waals surface area contributed by atoms with Gasteiger partial charge in [-0.2, -0.15) is 5.10 Å². The highest BCUT2D eigenvalue weighted by molar-refractivity contribution is 5.83. The molecule has 0 saturated carbocycles. The molecule has 1 aromatic heterocycles. The second-order valence-electron chi connectivity index (χ2n) is 6.35. The SMILES string of the molecule is Cc1nn(CC(=O)NCc2ccc3c(c2)OCCO3)c(=O)c2ccccc12. The summed E-state index contributed by atoms with van der Waals surface area (Å²) in [6.45, 7) is 3.08. The number of nitrogens with one attached hydrogen (secondary N) is 1. The minimum atomic E-state index is -0.283. The van der Waals surface area contributed by atoms with Gasteiger partial charge >= 0.3 is 0 Å². The van der Waals surface area contributed by atoms with Crippen molar-refractivity contribution in [3.8, 4) is 11.5 Å². The molecule has 1 aliphatic rings. The number of carbonyl (C=O) groups is 1. The Balaban J connectivity index is 1.46. The van der Waals surface area contributed by atoms with Gasteiger partial charge in [0.25, 0.3) is 5.56 Å². The Kier molecular flexibility index (Phi) is 4.50. The first-order valence-corrected chi connectivity index (χ1v) is 8.73. The summed E-state index contributed by atoms with van der Waals surface area (Å²) in [5.74, 6) is 1.10. The molecule has 1 N–H and O–H groups in total. The largest absolute Gasteiger partial charge is 0.486 e. The fourth-order valence-corrected chi connectivity index (χ4v) is 3.10. The lowest BCUT2D eigenvalue weighted by atomic mass is 10.1. The van der Waals surface area contributed by atoms with Crippen LogP contribution < -0.4 is 20.3 Å². The van der Waals surface area contributed by atoms with E-state index in [2.05, 4.69) is 10.4 Å². The van der Waals surface area contributed by atoms with Gasteiger partial charge in [0, 0.05) is 11.9 Å². The zero-order valence-electron chi connectivity index (χ0n) is 14.9. The van der Waals surface area contributed by atoms with Crippen LogP contribution >= 0.6 is 0 Å². The first kappa shape index (κ1) is 17.1. The van der Waals surface area contributed by atoms with Crippen LogP contribution in [-0.4, -0.2) is 28.9 Å². The van der Waals surface area contributed by atoms with Gasteiger partial charge in [-0.3, -0.25) is 9.59 Å². The number of aromatic nitrogens is 2. The number of aryl methyl sites for hydroxylation is 1. The normalized spacial score (nSPS) is 12.8. The molecule has 0 radical (unpaired) electrons. The molecular formula is C20H19N3O4. The van der Waals surface area contributed by atoms with Crippen molar-refractivity contribution in [3.05, 3.63) is 64.1 Å². The lowest BCUT2D eigenvalue weighted by Crippen LogP contribution is -2.33. The molecule has 0 fully saturated rings. The molecule has 2 aromatic carbocycles. The third-order valence-electron chi connectivity index (χ3n) is 4.44. The minimum absolute atomic E-state index is 0.130. The summed E-state index contributed by atoms with van der Waals surface area (Å²) in [5, 5.41) is 8.44. The smallest absolute Gasteiger partial charge is 0.275 e. The maximum Gasteiger partial charge on any atom is 0.275 e. The summed E-state index contributed by atoms with van der Waals surface area (Å²) < 4.78 is 12.2. The van der Waals surface area contributed by atoms with Gasteiger partial charge in [0.15, 0.2) is 11.5 Å². The van der Waals surface area contributed by atoms with Crippen LogP contribution in [0.3, 0.4) is 0 Å². The van der Waals surface area contributed by atoms with E-state index < -0.39 is 0 Å². The van der Waals surface area contributed by atoms with Crippen LogP contribution in [0.25, 0.3) is 10.8 Å². The monoisotopic (exact) mass is 365 g/mol. The first-order chi connectivity index (χ1) is 13.1. The van der Waals surface area contributed by atoms with Crippen molar-refractivity contribution in [1.82, 2.24) is 15.1 Å². The maximum absolute atomic E-state index is 12.5. The van der Waals surface area contributed by atoms with Gasteiger partial charge in [0.1, 0.15) is 19.8 Å². The zero-order valence-corrected chi connectivity index (χ0v) is 14.9. The number of rotatable bonds is 4. The number of nitrogens with zero attached hydrogens (tertiary/aromatic N) is 2. The fourth-order valence-electron chi connectivity index (χ4n) is 3.10. The minimum Gasteiger partial charge on any atom is -0.486 e. The Morgan fingerprint density at radius 2 is 1.85 bits per heavy atom. The number of benzene rings is 2. The van der Waals surface area contributed by atoms with E-state index in [9.17, 15) is 9.59 Å². The Bertz CT molecular complexity index is 1070. The molecule has 1 aliphatic heterocycles. The van der Waals surface area contributed by atoms with Crippen molar-refractivity contribution in [3.63, 3.8) is 0 Å². The number of carbonyl (C=O) groups excluding carboxylic acids is 1. The van der Waals surface area contributed by atoms with Crippen LogP contribution in [0, 0.1) is 6.92 Å². The number of ether oxygens (including phenoxy) is 2. The van der Waals surface area contributed by atoms with E-state index in [0.29, 0.717) is 42.3 Å². The van der Waals surface area contributed by atoms with Gasteiger partial charge in [-0.1, -0.05) is 24.3 Å². The van der Waals surface area contributed by atoms with E-state index in [0.717, 1.165) is 10.9 Å². The van der Waals surface area contributed by atoms with Gasteiger partial charge < -0.3 is 14.8 Å². The molecule has 0 aliphatic carbocycles. The predicted octanol–water partition coefficient (Wildman–Crippen LogP) is 1.79. The molecule has 0 unspecified atom stereocenters. The molecular weight excluding hydrogens is 346 g/mol. The van der Waals surface area contributed by atoms with Crippen molar-refractivity contribution in [2.75, 3.05) is 13.2 Å². The molecule has 0 saturated heterocycles. The van der Waals surface area contributed by atoms with Gasteiger partial charge in [-0.05, 0) is 30.7 Å². The standard InChI is InChI=1S/C20H19N3O4/c1-13-15-4-2-3-5-16(15)20(25)23(22-13)12-19(24)21-11-14-6-7-17-18(10-14)27-9-8-26-17/h2-7,10H,8-9,11-12H2,1H3,(H,21,24). The third-order valence-corrected chi connectivity index (χ3v) is 4.44. The third kappa shape index (κ3) is 3.48. The summed E-state index contributed by atoms with van der Waals surface area (Å²) >= 11 is 0. The van der Waals surface area contributed by atoms with E-state index in [-0.39, 0.29) is 18.0 Å². The topological polar surface area (TPSA) is 82.5 Å². The van der Waals surface area contributed by atoms with Gasteiger partial charge in [-0.25, -0.2) is 4.68 Å². The number of fused-ring (bicyclic) bond motifs is 2. The first-order valence-electron chi connectivity index (χ1n) is 8.73. The fraction of sp³-hybridized carbons (Fsp3) is 0.250. The van der Waals surface area contributed by atoms with Gasteiger partial charge in [0.05, 0.1) is 11.1 Å². The lowest BCUT2D eigenvalue weighted by Gasteiger charge is -2.19. The number of amides is 1. The number of hydrogen-bond acceptors (Lipinski definition) is 5. The van der Waals surface area contributed by atoms with Crippen LogP contribution in [0.1, 0.15) is 11.3 Å². The molecule has 3 aromatic rings. The number of hydrogen-bond donors (Lipinski definition) is 1. The van der Waals surface area contributed by atoms with Gasteiger partial charge in [0.2, 0.25) is 5.91 Å². The van der Waals surface area contributed by atoms with Crippen molar-refractivity contribution in [2.45, 2.75) is 20.0 Å². The van der Waals surface area contributed by atoms with Crippen LogP contribution in [0.4, 0.5) is 0 Å². The second-order valence-corrected chi connectivity index (χ2v) is 6.35. The van der Waals surface area contributed by atoms with Crippen LogP contribution in [0.5, 0.6) is 11.5 Å². The molecule has 7 nitrogen and oxygen atoms in total. The van der Waals surface area contributed by atoms with E-state index in [4.69, 9.17) is 9.47 Å². The Labute approximate surface area is 155 Å². The Morgan fingerprint density at radius 1 is 1.11 bits per heavy atom. The van der Waals surface area contributed by atoms with E-state index in [1.807, 2.05) is 37.3 Å². The van der Waals surface area contributed by atoms with E-state index >= 15 is 0 Å². The summed E-state index contributed by atoms with van der Waals surface area (Å²) in [6.07, 6.45) is 0. The Hall–Kier alpha value is -3.35.